The highest BCUT2D eigenvalue weighted by Gasteiger charge is 2.29. The van der Waals surface area contributed by atoms with Gasteiger partial charge in [0.05, 0.1) is 6.10 Å². The first-order valence-corrected chi connectivity index (χ1v) is 9.93. The largest absolute Gasteiger partial charge is 0.391 e. The van der Waals surface area contributed by atoms with Gasteiger partial charge in [-0.2, -0.15) is 0 Å². The summed E-state index contributed by atoms with van der Waals surface area (Å²) < 4.78 is 0. The molecule has 0 saturated carbocycles. The van der Waals surface area contributed by atoms with Crippen LogP contribution in [0.25, 0.3) is 11.1 Å². The highest BCUT2D eigenvalue weighted by atomic mass is 16.5. The van der Waals surface area contributed by atoms with Crippen molar-refractivity contribution in [3.8, 4) is 11.1 Å². The van der Waals surface area contributed by atoms with Gasteiger partial charge in [0.25, 0.3) is 11.8 Å². The van der Waals surface area contributed by atoms with Gasteiger partial charge < -0.3 is 21.5 Å². The third-order valence-electron chi connectivity index (χ3n) is 4.87. The normalized spacial score (nSPS) is 13.2. The number of amides is 3. The zero-order chi connectivity index (χ0) is 23.0. The molecule has 0 radical (unpaired) electrons. The molecule has 0 spiro atoms. The molecule has 0 saturated heterocycles. The number of aryl methyl sites for hydroxylation is 1. The van der Waals surface area contributed by atoms with Crippen LogP contribution in [-0.4, -0.2) is 52.8 Å². The van der Waals surface area contributed by atoms with Crippen molar-refractivity contribution >= 4 is 17.7 Å². The molecule has 7 N–H and O–H groups in total. The number of aliphatic hydroxyl groups is 1. The minimum Gasteiger partial charge on any atom is -0.391 e. The van der Waals surface area contributed by atoms with E-state index >= 15 is 0 Å². The number of nitrogens with one attached hydrogen (secondary N) is 3. The predicted octanol–water partition coefficient (Wildman–Crippen LogP) is 0.980. The van der Waals surface area contributed by atoms with E-state index in [1.807, 2.05) is 24.3 Å². The van der Waals surface area contributed by atoms with Crippen LogP contribution in [0.4, 0.5) is 0 Å². The average Bonchev–Trinajstić information content (AvgIpc) is 2.80. The van der Waals surface area contributed by atoms with Gasteiger partial charge in [-0.05, 0) is 42.2 Å². The highest BCUT2D eigenvalue weighted by Crippen LogP contribution is 2.20. The van der Waals surface area contributed by atoms with E-state index in [1.54, 1.807) is 12.1 Å². The summed E-state index contributed by atoms with van der Waals surface area (Å²) in [5.41, 5.74) is 10.5. The molecule has 9 nitrogen and oxygen atoms in total. The van der Waals surface area contributed by atoms with Crippen molar-refractivity contribution in [1.29, 1.82) is 0 Å². The first-order chi connectivity index (χ1) is 14.8. The Hall–Kier alpha value is -3.27. The van der Waals surface area contributed by atoms with Crippen LogP contribution in [0.3, 0.4) is 0 Å². The fourth-order valence-electron chi connectivity index (χ4n) is 2.95. The maximum atomic E-state index is 12.5. The number of hydroxylamine groups is 1. The second-order valence-electron chi connectivity index (χ2n) is 7.09. The molecule has 174 valence electrons. The van der Waals surface area contributed by atoms with Gasteiger partial charge in [-0.3, -0.25) is 19.6 Å². The summed E-state index contributed by atoms with van der Waals surface area (Å²) in [7, 11) is 0. The van der Waals surface area contributed by atoms with E-state index in [-0.39, 0.29) is 14.0 Å². The molecule has 2 aromatic carbocycles. The molecule has 0 aliphatic carbocycles. The second-order valence-corrected chi connectivity index (χ2v) is 7.09. The molecule has 3 amide bonds. The summed E-state index contributed by atoms with van der Waals surface area (Å²) in [5, 5.41) is 23.1. The van der Waals surface area contributed by atoms with Crippen LogP contribution >= 0.6 is 0 Å². The molecule has 3 atom stereocenters. The van der Waals surface area contributed by atoms with Gasteiger partial charge in [0.15, 0.2) is 0 Å². The van der Waals surface area contributed by atoms with Crippen molar-refractivity contribution in [3.63, 3.8) is 0 Å². The standard InChI is InChI=1S/C22H28N4O5.CH4/c1-3-14-4-6-15(7-5-14)16-8-10-17(11-9-16)20(28)24-18(12-23)21(29)25-19(13(2)27)22(30)26-31;/h4-11,13,18-19,27,31H,3,12,23H2,1-2H3,(H,24,28)(H,25,29)(H,26,30);1H4/t13-,18+,19+;/m1./s1. The van der Waals surface area contributed by atoms with Gasteiger partial charge in [0, 0.05) is 12.1 Å². The Morgan fingerprint density at radius 3 is 1.91 bits per heavy atom. The maximum absolute atomic E-state index is 12.5. The molecule has 2 rings (SSSR count). The van der Waals surface area contributed by atoms with Crippen LogP contribution in [-0.2, 0) is 16.0 Å². The topological polar surface area (TPSA) is 154 Å². The summed E-state index contributed by atoms with van der Waals surface area (Å²) in [5.74, 6) is -2.27. The van der Waals surface area contributed by atoms with Crippen molar-refractivity contribution < 1.29 is 24.7 Å². The fraction of sp³-hybridized carbons (Fsp3) is 0.348. The van der Waals surface area contributed by atoms with Gasteiger partial charge in [-0.15, -0.1) is 0 Å². The summed E-state index contributed by atoms with van der Waals surface area (Å²) in [6.07, 6.45) is -0.318. The Morgan fingerprint density at radius 1 is 0.938 bits per heavy atom. The van der Waals surface area contributed by atoms with E-state index in [2.05, 4.69) is 29.7 Å². The molecule has 2 aromatic rings. The van der Waals surface area contributed by atoms with Gasteiger partial charge in [0.2, 0.25) is 5.91 Å². The molecule has 0 fully saturated rings. The zero-order valence-electron chi connectivity index (χ0n) is 17.5. The summed E-state index contributed by atoms with van der Waals surface area (Å²) >= 11 is 0. The molecule has 9 heteroatoms. The van der Waals surface area contributed by atoms with Crippen LogP contribution in [0.1, 0.15) is 37.2 Å². The van der Waals surface area contributed by atoms with E-state index < -0.39 is 35.9 Å². The first kappa shape index (κ1) is 26.8. The van der Waals surface area contributed by atoms with Crippen LogP contribution in [0.5, 0.6) is 0 Å². The molecule has 32 heavy (non-hydrogen) atoms. The van der Waals surface area contributed by atoms with Gasteiger partial charge in [-0.25, -0.2) is 5.48 Å². The van der Waals surface area contributed by atoms with Crippen LogP contribution in [0, 0.1) is 0 Å². The monoisotopic (exact) mass is 444 g/mol. The predicted molar refractivity (Wildman–Crippen MR) is 122 cm³/mol. The SMILES string of the molecule is C.CCc1ccc(-c2ccc(C(=O)N[C@@H](CN)C(=O)N[C@H](C(=O)NO)[C@@H](C)O)cc2)cc1. The minimum atomic E-state index is -1.40. The summed E-state index contributed by atoms with van der Waals surface area (Å²) in [4.78, 5) is 36.5. The van der Waals surface area contributed by atoms with E-state index in [9.17, 15) is 19.5 Å². The number of carbonyl (C=O) groups is 3. The minimum absolute atomic E-state index is 0. The average molecular weight is 445 g/mol. The molecule has 0 unspecified atom stereocenters. The third-order valence-corrected chi connectivity index (χ3v) is 4.87. The number of rotatable bonds is 9. The quantitative estimate of drug-likeness (QED) is 0.250. The summed E-state index contributed by atoms with van der Waals surface area (Å²) in [6.45, 7) is 3.13. The lowest BCUT2D eigenvalue weighted by Gasteiger charge is -2.23. The maximum Gasteiger partial charge on any atom is 0.268 e. The van der Waals surface area contributed by atoms with E-state index in [0.717, 1.165) is 17.5 Å². The Balaban J connectivity index is 0.00000512. The Labute approximate surface area is 188 Å². The first-order valence-electron chi connectivity index (χ1n) is 9.93. The number of hydrogen-bond acceptors (Lipinski definition) is 6. The second kappa shape index (κ2) is 12.6. The van der Waals surface area contributed by atoms with Crippen molar-refractivity contribution in [2.24, 2.45) is 5.73 Å². The number of aliphatic hydroxyl groups excluding tert-OH is 1. The lowest BCUT2D eigenvalue weighted by atomic mass is 10.0. The Morgan fingerprint density at radius 2 is 1.47 bits per heavy atom. The third kappa shape index (κ3) is 6.88. The van der Waals surface area contributed by atoms with Gasteiger partial charge in [-0.1, -0.05) is 50.7 Å². The van der Waals surface area contributed by atoms with Crippen molar-refractivity contribution in [1.82, 2.24) is 16.1 Å². The molecular weight excluding hydrogens is 412 g/mol. The number of hydrogen-bond donors (Lipinski definition) is 6. The highest BCUT2D eigenvalue weighted by molar-refractivity contribution is 5.98. The van der Waals surface area contributed by atoms with Crippen molar-refractivity contribution in [3.05, 3.63) is 59.7 Å². The van der Waals surface area contributed by atoms with Gasteiger partial charge in [0.1, 0.15) is 12.1 Å². The molecule has 0 aliphatic heterocycles. The van der Waals surface area contributed by atoms with E-state index in [0.29, 0.717) is 5.56 Å². The molecule has 0 aromatic heterocycles. The molecule has 0 bridgehead atoms. The number of carbonyl (C=O) groups excluding carboxylic acids is 3. The van der Waals surface area contributed by atoms with Gasteiger partial charge >= 0.3 is 0 Å². The smallest absolute Gasteiger partial charge is 0.268 e. The number of nitrogens with two attached hydrogens (primary N) is 1. The van der Waals surface area contributed by atoms with Crippen molar-refractivity contribution in [2.45, 2.75) is 45.9 Å². The van der Waals surface area contributed by atoms with Crippen molar-refractivity contribution in [2.75, 3.05) is 6.54 Å². The van der Waals surface area contributed by atoms with Crippen LogP contribution in [0.2, 0.25) is 0 Å². The Kier molecular flexibility index (Phi) is 10.5. The lowest BCUT2D eigenvalue weighted by Crippen LogP contribution is -2.58. The number of benzene rings is 2. The van der Waals surface area contributed by atoms with Crippen LogP contribution < -0.4 is 21.8 Å². The fourth-order valence-corrected chi connectivity index (χ4v) is 2.95. The summed E-state index contributed by atoms with van der Waals surface area (Å²) in [6, 6.07) is 12.5. The zero-order valence-corrected chi connectivity index (χ0v) is 17.5. The molecular formula is C23H32N4O5. The van der Waals surface area contributed by atoms with E-state index in [4.69, 9.17) is 10.9 Å². The van der Waals surface area contributed by atoms with E-state index in [1.165, 1.54) is 18.0 Å². The molecule has 0 aliphatic rings. The van der Waals surface area contributed by atoms with Crippen LogP contribution in [0.15, 0.2) is 48.5 Å². The Bertz CT molecular complexity index is 898. The molecule has 0 heterocycles. The lowest BCUT2D eigenvalue weighted by molar-refractivity contribution is -0.137.